The zero-order valence-electron chi connectivity index (χ0n) is 13.2. The smallest absolute Gasteiger partial charge is 0.413 e. The first kappa shape index (κ1) is 17.8. The predicted octanol–water partition coefficient (Wildman–Crippen LogP) is 4.73. The molecule has 0 unspecified atom stereocenters. The Kier molecular flexibility index (Phi) is 5.11. The van der Waals surface area contributed by atoms with Gasteiger partial charge in [0.05, 0.1) is 6.04 Å². The average Bonchev–Trinajstić information content (AvgIpc) is 2.52. The molecule has 2 aromatic rings. The number of aryl methyl sites for hydroxylation is 1. The van der Waals surface area contributed by atoms with Crippen LogP contribution in [-0.4, -0.2) is 27.3 Å². The molecule has 2 atom stereocenters. The van der Waals surface area contributed by atoms with Gasteiger partial charge in [-0.3, -0.25) is 9.88 Å². The van der Waals surface area contributed by atoms with Crippen LogP contribution in [0.5, 0.6) is 0 Å². The van der Waals surface area contributed by atoms with Gasteiger partial charge in [0.15, 0.2) is 6.04 Å². The van der Waals surface area contributed by atoms with E-state index in [9.17, 15) is 23.1 Å². The molecule has 0 aliphatic rings. The summed E-state index contributed by atoms with van der Waals surface area (Å²) in [6.45, 7) is 3.16. The summed E-state index contributed by atoms with van der Waals surface area (Å²) in [5, 5.41) is 9.46. The zero-order chi connectivity index (χ0) is 17.9. The van der Waals surface area contributed by atoms with Crippen LogP contribution in [0.4, 0.5) is 18.0 Å². The average molecular weight is 338 g/mol. The minimum absolute atomic E-state index is 0.126. The van der Waals surface area contributed by atoms with Crippen LogP contribution in [0.25, 0.3) is 0 Å². The maximum Gasteiger partial charge on any atom is 0.413 e. The van der Waals surface area contributed by atoms with Crippen LogP contribution < -0.4 is 0 Å². The van der Waals surface area contributed by atoms with E-state index in [1.165, 1.54) is 37.4 Å². The lowest BCUT2D eigenvalue weighted by atomic mass is 10.0. The van der Waals surface area contributed by atoms with E-state index in [1.807, 2.05) is 0 Å². The Morgan fingerprint density at radius 1 is 1.12 bits per heavy atom. The summed E-state index contributed by atoms with van der Waals surface area (Å²) in [5.41, 5.74) is 0.968. The standard InChI is InChI=1S/C17H17F3N2O2/c1-11-8-9-14(10-21-11)12(2)22(16(23)24)15(17(18,19)20)13-6-4-3-5-7-13/h3-10,12,15H,1-2H3,(H,23,24)/t12-,15+/m0/s1. The minimum atomic E-state index is -4.74. The molecule has 4 nitrogen and oxygen atoms in total. The zero-order valence-corrected chi connectivity index (χ0v) is 13.2. The van der Waals surface area contributed by atoms with Crippen LogP contribution in [0.3, 0.4) is 0 Å². The number of pyridine rings is 1. The first-order valence-corrected chi connectivity index (χ1v) is 7.27. The largest absolute Gasteiger partial charge is 0.465 e. The van der Waals surface area contributed by atoms with Crippen molar-refractivity contribution in [3.8, 4) is 0 Å². The number of hydrogen-bond donors (Lipinski definition) is 1. The monoisotopic (exact) mass is 338 g/mol. The van der Waals surface area contributed by atoms with Crippen molar-refractivity contribution < 1.29 is 23.1 Å². The molecular formula is C17H17F3N2O2. The maximum atomic E-state index is 13.6. The van der Waals surface area contributed by atoms with Crippen LogP contribution in [0.2, 0.25) is 0 Å². The molecule has 7 heteroatoms. The fourth-order valence-corrected chi connectivity index (χ4v) is 2.53. The quantitative estimate of drug-likeness (QED) is 0.876. The molecule has 1 heterocycles. The van der Waals surface area contributed by atoms with Crippen molar-refractivity contribution in [1.82, 2.24) is 9.88 Å². The molecule has 0 spiro atoms. The van der Waals surface area contributed by atoms with Gasteiger partial charge in [0.2, 0.25) is 0 Å². The Hall–Kier alpha value is -2.57. The van der Waals surface area contributed by atoms with Crippen molar-refractivity contribution in [3.05, 3.63) is 65.5 Å². The molecule has 1 aromatic heterocycles. The highest BCUT2D eigenvalue weighted by molar-refractivity contribution is 5.67. The number of halogens is 3. The lowest BCUT2D eigenvalue weighted by molar-refractivity contribution is -0.185. The topological polar surface area (TPSA) is 53.4 Å². The molecule has 0 saturated carbocycles. The van der Waals surface area contributed by atoms with Crippen molar-refractivity contribution >= 4 is 6.09 Å². The van der Waals surface area contributed by atoms with Crippen molar-refractivity contribution in [2.45, 2.75) is 32.1 Å². The Morgan fingerprint density at radius 3 is 2.21 bits per heavy atom. The van der Waals surface area contributed by atoms with E-state index in [1.54, 1.807) is 25.1 Å². The van der Waals surface area contributed by atoms with E-state index in [2.05, 4.69) is 4.98 Å². The summed E-state index contributed by atoms with van der Waals surface area (Å²) >= 11 is 0. The van der Waals surface area contributed by atoms with E-state index in [4.69, 9.17) is 0 Å². The van der Waals surface area contributed by atoms with Gasteiger partial charge in [0.25, 0.3) is 0 Å². The van der Waals surface area contributed by atoms with E-state index >= 15 is 0 Å². The Morgan fingerprint density at radius 2 is 1.75 bits per heavy atom. The molecule has 1 aromatic carbocycles. The van der Waals surface area contributed by atoms with Gasteiger partial charge in [-0.05, 0) is 31.0 Å². The molecule has 2 rings (SSSR count). The second-order valence-corrected chi connectivity index (χ2v) is 5.45. The molecule has 0 bridgehead atoms. The van der Waals surface area contributed by atoms with Crippen molar-refractivity contribution in [1.29, 1.82) is 0 Å². The van der Waals surface area contributed by atoms with Crippen LogP contribution >= 0.6 is 0 Å². The number of carboxylic acid groups (broad SMARTS) is 1. The molecule has 24 heavy (non-hydrogen) atoms. The van der Waals surface area contributed by atoms with Crippen LogP contribution in [-0.2, 0) is 0 Å². The Labute approximate surface area is 137 Å². The van der Waals surface area contributed by atoms with Gasteiger partial charge >= 0.3 is 12.3 Å². The molecular weight excluding hydrogens is 321 g/mol. The van der Waals surface area contributed by atoms with Crippen molar-refractivity contribution in [3.63, 3.8) is 0 Å². The number of amides is 1. The predicted molar refractivity (Wildman–Crippen MR) is 82.5 cm³/mol. The van der Waals surface area contributed by atoms with Gasteiger partial charge in [-0.15, -0.1) is 0 Å². The van der Waals surface area contributed by atoms with Crippen molar-refractivity contribution in [2.75, 3.05) is 0 Å². The third kappa shape index (κ3) is 3.84. The molecule has 1 N–H and O–H groups in total. The second-order valence-electron chi connectivity index (χ2n) is 5.45. The molecule has 0 radical (unpaired) electrons. The lowest BCUT2D eigenvalue weighted by Crippen LogP contribution is -2.43. The number of alkyl halides is 3. The number of aromatic nitrogens is 1. The van der Waals surface area contributed by atoms with Gasteiger partial charge in [0.1, 0.15) is 0 Å². The van der Waals surface area contributed by atoms with Gasteiger partial charge in [-0.2, -0.15) is 13.2 Å². The summed E-state index contributed by atoms with van der Waals surface area (Å²) < 4.78 is 40.9. The fraction of sp³-hybridized carbons (Fsp3) is 0.294. The van der Waals surface area contributed by atoms with Gasteiger partial charge < -0.3 is 5.11 Å². The molecule has 0 aliphatic carbocycles. The first-order chi connectivity index (χ1) is 11.2. The highest BCUT2D eigenvalue weighted by atomic mass is 19.4. The maximum absolute atomic E-state index is 13.6. The third-order valence-corrected chi connectivity index (χ3v) is 3.76. The normalized spacial score (nSPS) is 14.0. The van der Waals surface area contributed by atoms with E-state index in [-0.39, 0.29) is 5.56 Å². The SMILES string of the molecule is Cc1ccc([C@H](C)N(C(=O)O)[C@H](c2ccccc2)C(F)(F)F)cn1. The third-order valence-electron chi connectivity index (χ3n) is 3.76. The Bertz CT molecular complexity index is 687. The summed E-state index contributed by atoms with van der Waals surface area (Å²) in [4.78, 5) is 16.1. The second kappa shape index (κ2) is 6.90. The number of rotatable bonds is 4. The molecule has 128 valence electrons. The van der Waals surface area contributed by atoms with E-state index < -0.39 is 24.4 Å². The molecule has 1 amide bonds. The van der Waals surface area contributed by atoms with Crippen LogP contribution in [0.1, 0.15) is 35.8 Å². The van der Waals surface area contributed by atoms with Gasteiger partial charge in [-0.1, -0.05) is 36.4 Å². The molecule has 0 aliphatic heterocycles. The van der Waals surface area contributed by atoms with Crippen molar-refractivity contribution in [2.24, 2.45) is 0 Å². The molecule has 0 fully saturated rings. The van der Waals surface area contributed by atoms with Gasteiger partial charge in [0, 0.05) is 11.9 Å². The number of benzene rings is 1. The number of hydrogen-bond acceptors (Lipinski definition) is 2. The van der Waals surface area contributed by atoms with E-state index in [0.717, 1.165) is 0 Å². The van der Waals surface area contributed by atoms with Crippen LogP contribution in [0.15, 0.2) is 48.7 Å². The number of nitrogens with zero attached hydrogens (tertiary/aromatic N) is 2. The lowest BCUT2D eigenvalue weighted by Gasteiger charge is -2.35. The highest BCUT2D eigenvalue weighted by Gasteiger charge is 2.48. The Balaban J connectivity index is 2.49. The van der Waals surface area contributed by atoms with Gasteiger partial charge in [-0.25, -0.2) is 4.79 Å². The summed E-state index contributed by atoms with van der Waals surface area (Å²) in [6.07, 6.45) is -4.99. The minimum Gasteiger partial charge on any atom is -0.465 e. The molecule has 0 saturated heterocycles. The van der Waals surface area contributed by atoms with E-state index in [0.29, 0.717) is 16.2 Å². The summed E-state index contributed by atoms with van der Waals surface area (Å²) in [7, 11) is 0. The fourth-order valence-electron chi connectivity index (χ4n) is 2.53. The first-order valence-electron chi connectivity index (χ1n) is 7.27. The van der Waals surface area contributed by atoms with Crippen LogP contribution in [0, 0.1) is 6.92 Å². The highest BCUT2D eigenvalue weighted by Crippen LogP contribution is 2.41. The summed E-state index contributed by atoms with van der Waals surface area (Å²) in [5.74, 6) is 0. The number of carbonyl (C=O) groups is 1. The summed E-state index contributed by atoms with van der Waals surface area (Å²) in [6, 6.07) is 6.98.